The molecule has 0 radical (unpaired) electrons. The summed E-state index contributed by atoms with van der Waals surface area (Å²) in [6, 6.07) is 35.0. The average molecular weight is 1350 g/mol. The Morgan fingerprint density at radius 1 is 0.701 bits per heavy atom. The van der Waals surface area contributed by atoms with Gasteiger partial charge in [0.2, 0.25) is 24.2 Å². The topological polar surface area (TPSA) is 353 Å². The number of nitrogens with one attached hydrogen (secondary N) is 7. The molecule has 1 saturated heterocycles. The van der Waals surface area contributed by atoms with Gasteiger partial charge < -0.3 is 80.7 Å². The number of alkyl carbamates (subject to hydrolysis) is 1. The Labute approximate surface area is 562 Å². The van der Waals surface area contributed by atoms with Gasteiger partial charge in [-0.05, 0) is 100 Å². The van der Waals surface area contributed by atoms with Crippen LogP contribution in [0.1, 0.15) is 96.8 Å². The minimum absolute atomic E-state index is 0.0948. The number of H-pyrrole nitrogens is 1. The van der Waals surface area contributed by atoms with Crippen LogP contribution < -0.4 is 47.3 Å². The zero-order valence-corrected chi connectivity index (χ0v) is 54.7. The van der Waals surface area contributed by atoms with Gasteiger partial charge in [0.25, 0.3) is 11.8 Å². The van der Waals surface area contributed by atoms with Crippen molar-refractivity contribution >= 4 is 110 Å². The maximum atomic E-state index is 14.8. The Hall–Kier alpha value is -10.6. The predicted octanol–water partition coefficient (Wildman–Crippen LogP) is 7.65. The maximum absolute atomic E-state index is 14.8. The Bertz CT molecular complexity index is 4120. The first-order valence-electron chi connectivity index (χ1n) is 31.5. The monoisotopic (exact) mass is 1350 g/mol. The van der Waals surface area contributed by atoms with Gasteiger partial charge in [0.15, 0.2) is 18.3 Å². The van der Waals surface area contributed by atoms with Crippen molar-refractivity contribution in [1.29, 1.82) is 0 Å². The number of urea groups is 1. The molecule has 2 aliphatic heterocycles. The molecule has 10 rings (SSSR count). The van der Waals surface area contributed by atoms with Crippen LogP contribution in [0.4, 0.5) is 26.7 Å². The van der Waals surface area contributed by atoms with E-state index in [9.17, 15) is 47.9 Å². The van der Waals surface area contributed by atoms with Crippen molar-refractivity contribution in [3.63, 3.8) is 0 Å². The zero-order chi connectivity index (χ0) is 69.2. The van der Waals surface area contributed by atoms with Gasteiger partial charge in [-0.1, -0.05) is 86.6 Å². The number of hydrogen-bond donors (Lipinski definition) is 8. The fourth-order valence-electron chi connectivity index (χ4n) is 12.5. The van der Waals surface area contributed by atoms with Crippen LogP contribution in [-0.2, 0) is 57.2 Å². The molecular weight excluding hydrogens is 1270 g/mol. The third kappa shape index (κ3) is 16.1. The SMILES string of the molecule is COC(=O)[C@H]1O[C@H](Oc2cc3c(c4ccccc24)[C@H](CCl)CN3C(=O)c2cc3cc(NC(=O)c4ccc(NC(=O)[C@H](CCCNC(N)=O)NC(=O)[C@@H](NCCNC(=O)OCC5c6ccccc6-c6ccccc65)C(C)C)cc4)ccc3[nH]2)[C@H](OC(C)=O)[C@@H](OC(C)=O)[C@@H]1OC(C)=O. The van der Waals surface area contributed by atoms with Crippen LogP contribution in [0, 0.1) is 5.92 Å². The van der Waals surface area contributed by atoms with Gasteiger partial charge in [0.1, 0.15) is 24.1 Å². The highest BCUT2D eigenvalue weighted by Gasteiger charge is 2.56. The van der Waals surface area contributed by atoms with E-state index < -0.39 is 102 Å². The molecule has 3 heterocycles. The molecule has 0 unspecified atom stereocenters. The molecule has 9 N–H and O–H groups in total. The fourth-order valence-corrected chi connectivity index (χ4v) is 12.7. The number of rotatable bonds is 25. The predicted molar refractivity (Wildman–Crippen MR) is 357 cm³/mol. The number of nitrogens with zero attached hydrogens (tertiary/aromatic N) is 1. The molecule has 97 heavy (non-hydrogen) atoms. The minimum Gasteiger partial charge on any atom is -0.467 e. The molecule has 8 atom stereocenters. The number of aromatic nitrogens is 1. The third-order valence-corrected chi connectivity index (χ3v) is 17.2. The lowest BCUT2D eigenvalue weighted by Gasteiger charge is -2.43. The number of carbonyl (C=O) groups excluding carboxylic acids is 10. The second kappa shape index (κ2) is 30.9. The molecule has 7 aromatic rings. The van der Waals surface area contributed by atoms with Crippen LogP contribution in [0.3, 0.4) is 0 Å². The number of aromatic amines is 1. The van der Waals surface area contributed by atoms with Gasteiger partial charge in [0.05, 0.1) is 18.8 Å². The Morgan fingerprint density at radius 2 is 1.34 bits per heavy atom. The van der Waals surface area contributed by atoms with Crippen LogP contribution in [0.5, 0.6) is 5.75 Å². The number of fused-ring (bicyclic) bond motifs is 7. The number of alkyl halides is 1. The number of anilines is 3. The van der Waals surface area contributed by atoms with Crippen molar-refractivity contribution in [1.82, 2.24) is 26.3 Å². The van der Waals surface area contributed by atoms with Crippen molar-refractivity contribution in [3.05, 3.63) is 155 Å². The Morgan fingerprint density at radius 3 is 1.99 bits per heavy atom. The van der Waals surface area contributed by atoms with E-state index in [1.165, 1.54) is 29.2 Å². The molecule has 0 spiro atoms. The summed E-state index contributed by atoms with van der Waals surface area (Å²) in [5.41, 5.74) is 12.5. The summed E-state index contributed by atoms with van der Waals surface area (Å²) >= 11 is 6.64. The number of methoxy groups -OCH3 is 1. The average Bonchev–Trinajstić information content (AvgIpc) is 1.66. The lowest BCUT2D eigenvalue weighted by atomic mass is 9.95. The molecule has 27 heteroatoms. The van der Waals surface area contributed by atoms with E-state index in [1.54, 1.807) is 48.5 Å². The number of hydrogen-bond acceptors (Lipinski definition) is 18. The van der Waals surface area contributed by atoms with E-state index in [4.69, 9.17) is 50.5 Å². The van der Waals surface area contributed by atoms with E-state index >= 15 is 0 Å². The van der Waals surface area contributed by atoms with E-state index in [1.807, 2.05) is 56.3 Å². The van der Waals surface area contributed by atoms with Crippen LogP contribution in [0.15, 0.2) is 127 Å². The number of primary amides is 1. The van der Waals surface area contributed by atoms with Gasteiger partial charge in [-0.25, -0.2) is 14.4 Å². The number of ether oxygens (including phenoxy) is 7. The van der Waals surface area contributed by atoms with Crippen LogP contribution in [-0.4, -0.2) is 153 Å². The van der Waals surface area contributed by atoms with Crippen molar-refractivity contribution in [2.24, 2.45) is 11.7 Å². The number of halogens is 1. The van der Waals surface area contributed by atoms with Gasteiger partial charge in [-0.2, -0.15) is 0 Å². The molecule has 1 fully saturated rings. The van der Waals surface area contributed by atoms with Crippen LogP contribution in [0.2, 0.25) is 0 Å². The van der Waals surface area contributed by atoms with E-state index in [-0.39, 0.29) is 86.3 Å². The highest BCUT2D eigenvalue weighted by molar-refractivity contribution is 6.19. The molecule has 508 valence electrons. The van der Waals surface area contributed by atoms with Crippen molar-refractivity contribution in [2.45, 2.75) is 102 Å². The molecule has 6 aromatic carbocycles. The molecule has 0 saturated carbocycles. The quantitative estimate of drug-likeness (QED) is 0.0118. The summed E-state index contributed by atoms with van der Waals surface area (Å²) in [5.74, 6) is -6.11. The molecule has 1 aliphatic carbocycles. The van der Waals surface area contributed by atoms with E-state index in [0.29, 0.717) is 38.7 Å². The van der Waals surface area contributed by atoms with Crippen molar-refractivity contribution in [3.8, 4) is 16.9 Å². The Balaban J connectivity index is 0.779. The summed E-state index contributed by atoms with van der Waals surface area (Å²) in [6.07, 6.45) is -8.51. The highest BCUT2D eigenvalue weighted by atomic mass is 35.5. The first kappa shape index (κ1) is 69.3. The summed E-state index contributed by atoms with van der Waals surface area (Å²) < 4.78 is 39.9. The number of esters is 4. The molecule has 3 aliphatic rings. The number of carbonyl (C=O) groups is 10. The van der Waals surface area contributed by atoms with E-state index in [0.717, 1.165) is 55.7 Å². The van der Waals surface area contributed by atoms with E-state index in [2.05, 4.69) is 49.0 Å². The normalized spacial score (nSPS) is 18.3. The van der Waals surface area contributed by atoms with Crippen molar-refractivity contribution in [2.75, 3.05) is 61.3 Å². The second-order valence-electron chi connectivity index (χ2n) is 23.8. The fraction of sp³-hybridized carbons (Fsp3) is 0.343. The van der Waals surface area contributed by atoms with Gasteiger partial charge >= 0.3 is 36.0 Å². The summed E-state index contributed by atoms with van der Waals surface area (Å²) in [4.78, 5) is 136. The van der Waals surface area contributed by atoms with Gasteiger partial charge in [0, 0.05) is 104 Å². The Kier molecular flexibility index (Phi) is 22.1. The summed E-state index contributed by atoms with van der Waals surface area (Å²) in [7, 11) is 1.07. The first-order chi connectivity index (χ1) is 46.6. The molecule has 0 bridgehead atoms. The minimum atomic E-state index is -1.73. The summed E-state index contributed by atoms with van der Waals surface area (Å²) in [5, 5.41) is 18.7. The van der Waals surface area contributed by atoms with Gasteiger partial charge in [-0.15, -0.1) is 11.6 Å². The first-order valence-corrected chi connectivity index (χ1v) is 32.0. The largest absolute Gasteiger partial charge is 0.467 e. The number of benzene rings is 6. The molecule has 1 aromatic heterocycles. The van der Waals surface area contributed by atoms with Crippen LogP contribution >= 0.6 is 11.6 Å². The molecule has 7 amide bonds. The smallest absolute Gasteiger partial charge is 0.407 e. The second-order valence-corrected chi connectivity index (χ2v) is 24.1. The molecular formula is C70H74ClN9O17. The standard InChI is InChI=1S/C70H74ClN9O17/c1-36(2)58(73-28-29-75-70(90)92-35-51-47-16-9-7-14-45(47)46-15-8-10-17-48(46)51)65(86)79-53(20-13-27-74-69(72)89)64(85)76-43-23-21-40(22-24-43)63(84)77-44-25-26-52-41(30-44)31-54(78-52)66(87)80-34-42(33-71)57-50-19-12-11-18-49(50)56(32-55(57)80)96-68-62(95-39(5)83)60(94-38(4)82)59(93-37(3)81)61(97-68)67(88)91-6/h7-12,14-19,21-26,30-32,36,42,51,53,58-62,68,73,78H,13,20,27-29,33-35H2,1-6H3,(H,75,90)(H,76,85)(H,77,84)(H,79,86)(H3,72,74,89)/t42-,53+,58+,59+,60+,61+,62-,68+/m1/s1. The maximum Gasteiger partial charge on any atom is 0.407 e. The molecule has 26 nitrogen and oxygen atoms in total. The van der Waals surface area contributed by atoms with Crippen LogP contribution in [0.25, 0.3) is 32.8 Å². The number of nitrogens with two attached hydrogens (primary N) is 1. The lowest BCUT2D eigenvalue weighted by Crippen LogP contribution is -2.64. The lowest BCUT2D eigenvalue weighted by molar-refractivity contribution is -0.282. The number of amides is 7. The highest BCUT2D eigenvalue weighted by Crippen LogP contribution is 2.48. The zero-order valence-electron chi connectivity index (χ0n) is 53.9. The summed E-state index contributed by atoms with van der Waals surface area (Å²) in [6.45, 7) is 7.68. The van der Waals surface area contributed by atoms with Crippen molar-refractivity contribution < 1.29 is 81.1 Å². The third-order valence-electron chi connectivity index (χ3n) is 16.8. The van der Waals surface area contributed by atoms with Gasteiger partial charge in [-0.3, -0.25) is 33.6 Å².